The second-order valence-corrected chi connectivity index (χ2v) is 7.95. The van der Waals surface area contributed by atoms with Crippen molar-refractivity contribution >= 4 is 44.1 Å². The Balaban J connectivity index is 1.67. The highest BCUT2D eigenvalue weighted by atomic mass is 79.9. The van der Waals surface area contributed by atoms with Gasteiger partial charge >= 0.3 is 0 Å². The fourth-order valence-electron chi connectivity index (χ4n) is 2.44. The summed E-state index contributed by atoms with van der Waals surface area (Å²) in [5.74, 6) is 0.306. The molecule has 3 N–H and O–H groups in total. The Labute approximate surface area is 168 Å². The van der Waals surface area contributed by atoms with Gasteiger partial charge in [-0.2, -0.15) is 0 Å². The Morgan fingerprint density at radius 2 is 1.89 bits per heavy atom. The maximum Gasteiger partial charge on any atom is 0.291 e. The van der Waals surface area contributed by atoms with Crippen molar-refractivity contribution in [3.8, 4) is 5.75 Å². The molecule has 0 aliphatic rings. The molecular weight excluding hydrogens is 432 g/mol. The lowest BCUT2D eigenvalue weighted by Crippen LogP contribution is -2.17. The highest BCUT2D eigenvalue weighted by Crippen LogP contribution is 2.32. The van der Waals surface area contributed by atoms with E-state index in [2.05, 4.69) is 21.2 Å². The maximum atomic E-state index is 12.4. The third-order valence-corrected chi connectivity index (χ3v) is 5.59. The Bertz CT molecular complexity index is 992. The van der Waals surface area contributed by atoms with Gasteiger partial charge in [-0.05, 0) is 55.8 Å². The van der Waals surface area contributed by atoms with Crippen LogP contribution in [-0.4, -0.2) is 11.8 Å². The summed E-state index contributed by atoms with van der Waals surface area (Å²) in [4.78, 5) is 25.0. The molecule has 0 saturated carbocycles. The van der Waals surface area contributed by atoms with Gasteiger partial charge < -0.3 is 20.2 Å². The van der Waals surface area contributed by atoms with Crippen molar-refractivity contribution in [2.24, 2.45) is 5.73 Å². The largest absolute Gasteiger partial charge is 0.486 e. The number of carbonyl (C=O) groups is 2. The van der Waals surface area contributed by atoms with Gasteiger partial charge in [0.15, 0.2) is 5.76 Å². The van der Waals surface area contributed by atoms with E-state index < -0.39 is 11.8 Å². The highest BCUT2D eigenvalue weighted by molar-refractivity contribution is 9.10. The number of carbonyl (C=O) groups excluding carboxylic acids is 2. The van der Waals surface area contributed by atoms with Gasteiger partial charge in [0.25, 0.3) is 11.8 Å². The standard InChI is InChI=1S/C19H17BrN2O4S/c1-10-11(2)27-19(16(10)17(21)23)22-18(24)15-8-7-14(26-15)9-25-13-5-3-12(20)4-6-13/h3-8H,9H2,1-2H3,(H2,21,23)(H,22,24). The summed E-state index contributed by atoms with van der Waals surface area (Å²) < 4.78 is 12.1. The number of benzene rings is 1. The molecule has 2 heterocycles. The second kappa shape index (κ2) is 7.98. The Morgan fingerprint density at radius 1 is 1.19 bits per heavy atom. The van der Waals surface area contributed by atoms with Crippen molar-refractivity contribution < 1.29 is 18.7 Å². The number of rotatable bonds is 6. The van der Waals surface area contributed by atoms with E-state index in [1.54, 1.807) is 19.1 Å². The number of furan rings is 1. The zero-order valence-electron chi connectivity index (χ0n) is 14.7. The number of ether oxygens (including phenoxy) is 1. The first kappa shape index (κ1) is 19.2. The molecule has 0 atom stereocenters. The molecule has 0 saturated heterocycles. The second-order valence-electron chi connectivity index (χ2n) is 5.81. The molecule has 2 amide bonds. The maximum absolute atomic E-state index is 12.4. The van der Waals surface area contributed by atoms with Crippen LogP contribution in [-0.2, 0) is 6.61 Å². The number of primary amides is 1. The van der Waals surface area contributed by atoms with E-state index in [1.165, 1.54) is 11.3 Å². The van der Waals surface area contributed by atoms with E-state index >= 15 is 0 Å². The molecule has 0 spiro atoms. The van der Waals surface area contributed by atoms with Crippen molar-refractivity contribution in [3.05, 3.63) is 68.4 Å². The van der Waals surface area contributed by atoms with Crippen LogP contribution in [0.2, 0.25) is 0 Å². The van der Waals surface area contributed by atoms with Gasteiger partial charge in [0, 0.05) is 9.35 Å². The smallest absolute Gasteiger partial charge is 0.291 e. The molecule has 0 aliphatic heterocycles. The molecule has 0 bridgehead atoms. The molecule has 27 heavy (non-hydrogen) atoms. The minimum absolute atomic E-state index is 0.128. The normalized spacial score (nSPS) is 10.6. The van der Waals surface area contributed by atoms with Gasteiger partial charge in [-0.3, -0.25) is 9.59 Å². The van der Waals surface area contributed by atoms with Crippen LogP contribution in [0.15, 0.2) is 45.3 Å². The van der Waals surface area contributed by atoms with Crippen LogP contribution in [0.3, 0.4) is 0 Å². The number of thiophene rings is 1. The average Bonchev–Trinajstić information content (AvgIpc) is 3.20. The minimum atomic E-state index is -0.574. The van der Waals surface area contributed by atoms with Gasteiger partial charge in [0.05, 0.1) is 5.56 Å². The van der Waals surface area contributed by atoms with Crippen LogP contribution in [0.1, 0.15) is 37.1 Å². The van der Waals surface area contributed by atoms with Crippen LogP contribution in [0.4, 0.5) is 5.00 Å². The van der Waals surface area contributed by atoms with Crippen LogP contribution >= 0.6 is 27.3 Å². The fraction of sp³-hybridized carbons (Fsp3) is 0.158. The van der Waals surface area contributed by atoms with Gasteiger partial charge in [-0.1, -0.05) is 15.9 Å². The predicted molar refractivity (Wildman–Crippen MR) is 107 cm³/mol. The minimum Gasteiger partial charge on any atom is -0.486 e. The molecule has 0 radical (unpaired) electrons. The zero-order valence-corrected chi connectivity index (χ0v) is 17.1. The lowest BCUT2D eigenvalue weighted by atomic mass is 10.1. The van der Waals surface area contributed by atoms with Crippen molar-refractivity contribution in [3.63, 3.8) is 0 Å². The van der Waals surface area contributed by atoms with Crippen LogP contribution in [0.25, 0.3) is 0 Å². The quantitative estimate of drug-likeness (QED) is 0.573. The van der Waals surface area contributed by atoms with E-state index in [-0.39, 0.29) is 12.4 Å². The Hall–Kier alpha value is -2.58. The summed E-state index contributed by atoms with van der Waals surface area (Å²) >= 11 is 4.67. The lowest BCUT2D eigenvalue weighted by Gasteiger charge is -2.05. The fourth-order valence-corrected chi connectivity index (χ4v) is 3.76. The molecule has 8 heteroatoms. The molecule has 0 unspecified atom stereocenters. The van der Waals surface area contributed by atoms with Gasteiger partial charge in [0.2, 0.25) is 0 Å². The van der Waals surface area contributed by atoms with Crippen LogP contribution in [0.5, 0.6) is 5.75 Å². The lowest BCUT2D eigenvalue weighted by molar-refractivity contribution is 0.0993. The molecule has 2 aromatic heterocycles. The predicted octanol–water partition coefficient (Wildman–Crippen LogP) is 4.65. The van der Waals surface area contributed by atoms with Crippen molar-refractivity contribution in [1.29, 1.82) is 0 Å². The first-order valence-electron chi connectivity index (χ1n) is 8.03. The van der Waals surface area contributed by atoms with E-state index in [9.17, 15) is 9.59 Å². The molecule has 1 aromatic carbocycles. The summed E-state index contributed by atoms with van der Waals surface area (Å²) in [5, 5.41) is 3.12. The number of nitrogens with one attached hydrogen (secondary N) is 1. The van der Waals surface area contributed by atoms with E-state index in [0.717, 1.165) is 14.9 Å². The number of amides is 2. The highest BCUT2D eigenvalue weighted by Gasteiger charge is 2.20. The SMILES string of the molecule is Cc1sc(NC(=O)c2ccc(COc3ccc(Br)cc3)o2)c(C(N)=O)c1C. The molecule has 0 aliphatic carbocycles. The first-order chi connectivity index (χ1) is 12.8. The monoisotopic (exact) mass is 448 g/mol. The zero-order chi connectivity index (χ0) is 19.6. The molecular formula is C19H17BrN2O4S. The summed E-state index contributed by atoms with van der Waals surface area (Å²) in [6, 6.07) is 10.6. The van der Waals surface area contributed by atoms with Gasteiger partial charge in [-0.15, -0.1) is 11.3 Å². The van der Waals surface area contributed by atoms with Crippen molar-refractivity contribution in [1.82, 2.24) is 0 Å². The average molecular weight is 449 g/mol. The van der Waals surface area contributed by atoms with Crippen molar-refractivity contribution in [2.45, 2.75) is 20.5 Å². The van der Waals surface area contributed by atoms with Crippen LogP contribution < -0.4 is 15.8 Å². The van der Waals surface area contributed by atoms with Crippen LogP contribution in [0, 0.1) is 13.8 Å². The summed E-state index contributed by atoms with van der Waals surface area (Å²) in [5.41, 5.74) is 6.52. The van der Waals surface area contributed by atoms with Gasteiger partial charge in [0.1, 0.15) is 23.1 Å². The van der Waals surface area contributed by atoms with Gasteiger partial charge in [-0.25, -0.2) is 0 Å². The molecule has 140 valence electrons. The molecule has 6 nitrogen and oxygen atoms in total. The van der Waals surface area contributed by atoms with E-state index in [4.69, 9.17) is 14.9 Å². The Kier molecular flexibility index (Phi) is 5.67. The number of hydrogen-bond acceptors (Lipinski definition) is 5. The summed E-state index contributed by atoms with van der Waals surface area (Å²) in [6.07, 6.45) is 0. The number of halogens is 1. The number of hydrogen-bond donors (Lipinski definition) is 2. The topological polar surface area (TPSA) is 94.6 Å². The van der Waals surface area contributed by atoms with E-state index in [1.807, 2.05) is 31.2 Å². The molecule has 3 aromatic rings. The summed E-state index contributed by atoms with van der Waals surface area (Å²) in [6.45, 7) is 3.86. The summed E-state index contributed by atoms with van der Waals surface area (Å²) in [7, 11) is 0. The first-order valence-corrected chi connectivity index (χ1v) is 9.64. The number of anilines is 1. The number of aryl methyl sites for hydroxylation is 1. The molecule has 0 fully saturated rings. The Morgan fingerprint density at radius 3 is 2.56 bits per heavy atom. The van der Waals surface area contributed by atoms with E-state index in [0.29, 0.717) is 22.1 Å². The van der Waals surface area contributed by atoms with Crippen molar-refractivity contribution in [2.75, 3.05) is 5.32 Å². The third-order valence-electron chi connectivity index (χ3n) is 3.94. The third kappa shape index (κ3) is 4.40. The molecule has 3 rings (SSSR count). The number of nitrogens with two attached hydrogens (primary N) is 1.